The summed E-state index contributed by atoms with van der Waals surface area (Å²) < 4.78 is 0. The molecule has 2 aromatic rings. The fourth-order valence-electron chi connectivity index (χ4n) is 2.84. The Kier molecular flexibility index (Phi) is 3.65. The number of aromatic amines is 1. The highest BCUT2D eigenvalue weighted by Crippen LogP contribution is 2.25. The Bertz CT molecular complexity index is 521. The molecule has 19 heavy (non-hydrogen) atoms. The second kappa shape index (κ2) is 5.57. The van der Waals surface area contributed by atoms with Gasteiger partial charge in [-0.25, -0.2) is 0 Å². The first kappa shape index (κ1) is 12.4. The van der Waals surface area contributed by atoms with Gasteiger partial charge in [-0.2, -0.15) is 5.10 Å². The quantitative estimate of drug-likeness (QED) is 0.885. The minimum absolute atomic E-state index is 0.735. The van der Waals surface area contributed by atoms with Crippen molar-refractivity contribution in [3.63, 3.8) is 0 Å². The predicted molar refractivity (Wildman–Crippen MR) is 78.1 cm³/mol. The predicted octanol–water partition coefficient (Wildman–Crippen LogP) is 2.93. The Balaban J connectivity index is 1.79. The highest BCUT2D eigenvalue weighted by molar-refractivity contribution is 5.65. The highest BCUT2D eigenvalue weighted by atomic mass is 15.1. The number of aromatic nitrogens is 2. The van der Waals surface area contributed by atoms with Gasteiger partial charge in [0.05, 0.1) is 6.20 Å². The normalized spacial score (nSPS) is 19.5. The van der Waals surface area contributed by atoms with E-state index in [-0.39, 0.29) is 0 Å². The summed E-state index contributed by atoms with van der Waals surface area (Å²) in [4.78, 5) is 0. The van der Waals surface area contributed by atoms with Crippen molar-refractivity contribution >= 4 is 0 Å². The molecule has 3 rings (SSSR count). The molecule has 1 aliphatic heterocycles. The van der Waals surface area contributed by atoms with E-state index in [4.69, 9.17) is 0 Å². The van der Waals surface area contributed by atoms with Gasteiger partial charge in [-0.1, -0.05) is 29.8 Å². The van der Waals surface area contributed by atoms with E-state index in [1.54, 1.807) is 0 Å². The van der Waals surface area contributed by atoms with Crippen LogP contribution in [0.25, 0.3) is 11.1 Å². The Morgan fingerprint density at radius 1 is 1.26 bits per heavy atom. The molecule has 2 heterocycles. The number of benzene rings is 1. The molecule has 0 aliphatic carbocycles. The van der Waals surface area contributed by atoms with Gasteiger partial charge >= 0.3 is 0 Å². The summed E-state index contributed by atoms with van der Waals surface area (Å²) >= 11 is 0. The number of nitrogens with one attached hydrogen (secondary N) is 2. The number of aryl methyl sites for hydroxylation is 1. The van der Waals surface area contributed by atoms with E-state index < -0.39 is 0 Å². The van der Waals surface area contributed by atoms with Crippen LogP contribution in [0.2, 0.25) is 0 Å². The number of hydrogen-bond acceptors (Lipinski definition) is 2. The molecule has 0 radical (unpaired) electrons. The molecule has 3 heteroatoms. The smallest absolute Gasteiger partial charge is 0.0568 e. The van der Waals surface area contributed by atoms with Crippen molar-refractivity contribution in [1.29, 1.82) is 0 Å². The van der Waals surface area contributed by atoms with Crippen molar-refractivity contribution in [3.05, 3.63) is 41.7 Å². The molecule has 0 bridgehead atoms. The SMILES string of the molecule is Cc1ccc(-c2cn[nH]c2CC2CCCNC2)cc1. The zero-order chi connectivity index (χ0) is 13.1. The number of hydrogen-bond donors (Lipinski definition) is 2. The van der Waals surface area contributed by atoms with E-state index in [9.17, 15) is 0 Å². The minimum atomic E-state index is 0.735. The van der Waals surface area contributed by atoms with Gasteiger partial charge in [-0.3, -0.25) is 5.10 Å². The Morgan fingerprint density at radius 2 is 2.11 bits per heavy atom. The van der Waals surface area contributed by atoms with Crippen LogP contribution >= 0.6 is 0 Å². The van der Waals surface area contributed by atoms with Crippen molar-refractivity contribution in [3.8, 4) is 11.1 Å². The van der Waals surface area contributed by atoms with Crippen LogP contribution in [0, 0.1) is 12.8 Å². The van der Waals surface area contributed by atoms with Crippen molar-refractivity contribution in [2.24, 2.45) is 5.92 Å². The number of piperidine rings is 1. The van der Waals surface area contributed by atoms with Gasteiger partial charge in [-0.05, 0) is 50.8 Å². The highest BCUT2D eigenvalue weighted by Gasteiger charge is 2.17. The van der Waals surface area contributed by atoms with Crippen LogP contribution in [0.3, 0.4) is 0 Å². The first-order chi connectivity index (χ1) is 9.33. The Labute approximate surface area is 114 Å². The first-order valence-electron chi connectivity index (χ1n) is 7.13. The number of H-pyrrole nitrogens is 1. The molecule has 0 saturated carbocycles. The van der Waals surface area contributed by atoms with E-state index in [1.807, 2.05) is 6.20 Å². The van der Waals surface area contributed by atoms with Crippen LogP contribution in [0.1, 0.15) is 24.1 Å². The third kappa shape index (κ3) is 2.87. The second-order valence-corrected chi connectivity index (χ2v) is 5.54. The van der Waals surface area contributed by atoms with E-state index in [0.29, 0.717) is 0 Å². The standard InChI is InChI=1S/C16H21N3/c1-12-4-6-14(7-5-12)15-11-18-19-16(15)9-13-3-2-8-17-10-13/h4-7,11,13,17H,2-3,8-10H2,1H3,(H,18,19). The molecule has 1 aromatic carbocycles. The van der Waals surface area contributed by atoms with Crippen molar-refractivity contribution in [2.75, 3.05) is 13.1 Å². The zero-order valence-corrected chi connectivity index (χ0v) is 11.4. The molecule has 1 saturated heterocycles. The van der Waals surface area contributed by atoms with Crippen molar-refractivity contribution < 1.29 is 0 Å². The lowest BCUT2D eigenvalue weighted by Gasteiger charge is -2.22. The molecular formula is C16H21N3. The van der Waals surface area contributed by atoms with Crippen LogP contribution in [0.5, 0.6) is 0 Å². The van der Waals surface area contributed by atoms with Crippen LogP contribution in [0.4, 0.5) is 0 Å². The lowest BCUT2D eigenvalue weighted by atomic mass is 9.92. The van der Waals surface area contributed by atoms with E-state index in [1.165, 1.54) is 41.8 Å². The third-order valence-corrected chi connectivity index (χ3v) is 3.97. The van der Waals surface area contributed by atoms with Crippen LogP contribution < -0.4 is 5.32 Å². The summed E-state index contributed by atoms with van der Waals surface area (Å²) in [5, 5.41) is 10.9. The van der Waals surface area contributed by atoms with Gasteiger partial charge in [0.25, 0.3) is 0 Å². The van der Waals surface area contributed by atoms with Crippen molar-refractivity contribution in [2.45, 2.75) is 26.2 Å². The fraction of sp³-hybridized carbons (Fsp3) is 0.438. The summed E-state index contributed by atoms with van der Waals surface area (Å²) in [6, 6.07) is 8.69. The topological polar surface area (TPSA) is 40.7 Å². The number of rotatable bonds is 3. The maximum absolute atomic E-state index is 4.24. The molecule has 1 aromatic heterocycles. The Morgan fingerprint density at radius 3 is 2.84 bits per heavy atom. The van der Waals surface area contributed by atoms with Crippen molar-refractivity contribution in [1.82, 2.24) is 15.5 Å². The lowest BCUT2D eigenvalue weighted by molar-refractivity contribution is 0.373. The zero-order valence-electron chi connectivity index (χ0n) is 11.4. The number of nitrogens with zero attached hydrogens (tertiary/aromatic N) is 1. The van der Waals surface area contributed by atoms with Gasteiger partial charge in [0.15, 0.2) is 0 Å². The van der Waals surface area contributed by atoms with E-state index in [2.05, 4.69) is 46.7 Å². The molecule has 1 unspecified atom stereocenters. The third-order valence-electron chi connectivity index (χ3n) is 3.97. The first-order valence-corrected chi connectivity index (χ1v) is 7.13. The molecule has 1 aliphatic rings. The molecule has 3 nitrogen and oxygen atoms in total. The average Bonchev–Trinajstić information content (AvgIpc) is 2.89. The molecule has 0 spiro atoms. The molecule has 100 valence electrons. The minimum Gasteiger partial charge on any atom is -0.316 e. The van der Waals surface area contributed by atoms with Crippen LogP contribution in [-0.2, 0) is 6.42 Å². The summed E-state index contributed by atoms with van der Waals surface area (Å²) in [5.74, 6) is 0.735. The molecule has 1 fully saturated rings. The van der Waals surface area contributed by atoms with Gasteiger partial charge in [-0.15, -0.1) is 0 Å². The lowest BCUT2D eigenvalue weighted by Crippen LogP contribution is -2.31. The summed E-state index contributed by atoms with van der Waals surface area (Å²) in [7, 11) is 0. The second-order valence-electron chi connectivity index (χ2n) is 5.54. The summed E-state index contributed by atoms with van der Waals surface area (Å²) in [5.41, 5.74) is 5.09. The largest absolute Gasteiger partial charge is 0.316 e. The van der Waals surface area contributed by atoms with Gasteiger partial charge < -0.3 is 5.32 Å². The van der Waals surface area contributed by atoms with E-state index in [0.717, 1.165) is 18.9 Å². The Hall–Kier alpha value is -1.61. The van der Waals surface area contributed by atoms with Gasteiger partial charge in [0.1, 0.15) is 0 Å². The molecular weight excluding hydrogens is 234 g/mol. The molecule has 2 N–H and O–H groups in total. The molecule has 0 amide bonds. The van der Waals surface area contributed by atoms with Gasteiger partial charge in [0.2, 0.25) is 0 Å². The average molecular weight is 255 g/mol. The van der Waals surface area contributed by atoms with Gasteiger partial charge in [0, 0.05) is 11.3 Å². The summed E-state index contributed by atoms with van der Waals surface area (Å²) in [6.45, 7) is 4.42. The fourth-order valence-corrected chi connectivity index (χ4v) is 2.84. The van der Waals surface area contributed by atoms with Crippen LogP contribution in [0.15, 0.2) is 30.5 Å². The van der Waals surface area contributed by atoms with Crippen LogP contribution in [-0.4, -0.2) is 23.3 Å². The maximum Gasteiger partial charge on any atom is 0.0568 e. The van der Waals surface area contributed by atoms with E-state index >= 15 is 0 Å². The summed E-state index contributed by atoms with van der Waals surface area (Å²) in [6.07, 6.45) is 5.66. The maximum atomic E-state index is 4.24. The monoisotopic (exact) mass is 255 g/mol. The molecule has 1 atom stereocenters.